The smallest absolute Gasteiger partial charge is 0.191 e. The number of nitrogens with one attached hydrogen (secondary N) is 2. The van der Waals surface area contributed by atoms with Crippen LogP contribution in [0.3, 0.4) is 0 Å². The number of halogens is 1. The Hall–Kier alpha value is -1.78. The molecule has 1 saturated heterocycles. The van der Waals surface area contributed by atoms with E-state index in [1.165, 1.54) is 5.56 Å². The van der Waals surface area contributed by atoms with E-state index < -0.39 is 0 Å². The van der Waals surface area contributed by atoms with Gasteiger partial charge in [0.2, 0.25) is 0 Å². The van der Waals surface area contributed by atoms with Crippen LogP contribution in [-0.4, -0.2) is 52.5 Å². The van der Waals surface area contributed by atoms with Crippen LogP contribution in [0.25, 0.3) is 0 Å². The van der Waals surface area contributed by atoms with Crippen molar-refractivity contribution in [2.45, 2.75) is 38.2 Å². The van der Waals surface area contributed by atoms with Crippen LogP contribution in [0.5, 0.6) is 5.75 Å². The highest BCUT2D eigenvalue weighted by Crippen LogP contribution is 2.35. The molecule has 2 heterocycles. The van der Waals surface area contributed by atoms with E-state index in [4.69, 9.17) is 18.6 Å². The average molecular weight is 557 g/mol. The van der Waals surface area contributed by atoms with Gasteiger partial charge in [-0.2, -0.15) is 0 Å². The van der Waals surface area contributed by atoms with Crippen LogP contribution in [0, 0.1) is 0 Å². The summed E-state index contributed by atoms with van der Waals surface area (Å²) in [5.74, 6) is 2.57. The van der Waals surface area contributed by atoms with Gasteiger partial charge in [0.25, 0.3) is 0 Å². The van der Waals surface area contributed by atoms with Gasteiger partial charge in [0.1, 0.15) is 18.1 Å². The van der Waals surface area contributed by atoms with Gasteiger partial charge < -0.3 is 29.3 Å². The third kappa shape index (κ3) is 7.97. The normalized spacial score (nSPS) is 15.6. The maximum atomic E-state index is 5.65. The van der Waals surface area contributed by atoms with Crippen LogP contribution in [0.2, 0.25) is 0 Å². The van der Waals surface area contributed by atoms with E-state index in [2.05, 4.69) is 39.9 Å². The van der Waals surface area contributed by atoms with E-state index in [9.17, 15) is 0 Å². The first kappa shape index (κ1) is 26.5. The molecular weight excluding hydrogens is 521 g/mol. The standard InChI is InChI=1S/C24H35N3O4.HI/c1-3-30-21-9-7-20(8-10-21)24(11-16-28-17-12-24)19-27-23(25-2)26-13-5-14-29-18-22-6-4-15-31-22;/h4,6-10,15H,3,5,11-14,16-19H2,1-2H3,(H2,25,26,27);1H. The first-order valence-electron chi connectivity index (χ1n) is 11.1. The summed E-state index contributed by atoms with van der Waals surface area (Å²) in [4.78, 5) is 4.38. The molecule has 0 unspecified atom stereocenters. The molecule has 178 valence electrons. The molecular formula is C24H36IN3O4. The summed E-state index contributed by atoms with van der Waals surface area (Å²) in [6.45, 7) is 6.99. The molecule has 0 amide bonds. The molecule has 1 aliphatic heterocycles. The summed E-state index contributed by atoms with van der Waals surface area (Å²) < 4.78 is 22.2. The molecule has 0 radical (unpaired) electrons. The Morgan fingerprint density at radius 2 is 1.91 bits per heavy atom. The van der Waals surface area contributed by atoms with Crippen molar-refractivity contribution in [3.8, 4) is 5.75 Å². The summed E-state index contributed by atoms with van der Waals surface area (Å²) in [5, 5.41) is 6.91. The van der Waals surface area contributed by atoms with Crippen molar-refractivity contribution in [1.29, 1.82) is 0 Å². The summed E-state index contributed by atoms with van der Waals surface area (Å²) in [6, 6.07) is 12.3. The number of aliphatic imine (C=N–C) groups is 1. The summed E-state index contributed by atoms with van der Waals surface area (Å²) in [7, 11) is 1.80. The second-order valence-electron chi connectivity index (χ2n) is 7.69. The molecule has 0 saturated carbocycles. The largest absolute Gasteiger partial charge is 0.494 e. The minimum absolute atomic E-state index is 0. The highest BCUT2D eigenvalue weighted by molar-refractivity contribution is 14.0. The summed E-state index contributed by atoms with van der Waals surface area (Å²) >= 11 is 0. The Kier molecular flexibility index (Phi) is 11.9. The molecule has 2 aromatic rings. The first-order valence-corrected chi connectivity index (χ1v) is 11.1. The lowest BCUT2D eigenvalue weighted by atomic mass is 9.74. The van der Waals surface area contributed by atoms with E-state index in [0.29, 0.717) is 19.8 Å². The predicted octanol–water partition coefficient (Wildman–Crippen LogP) is 4.12. The quantitative estimate of drug-likeness (QED) is 0.188. The maximum Gasteiger partial charge on any atom is 0.191 e. The zero-order valence-corrected chi connectivity index (χ0v) is 21.4. The zero-order valence-electron chi connectivity index (χ0n) is 19.1. The molecule has 1 aromatic carbocycles. The second-order valence-corrected chi connectivity index (χ2v) is 7.69. The number of benzene rings is 1. The van der Waals surface area contributed by atoms with Gasteiger partial charge in [-0.25, -0.2) is 0 Å². The second kappa shape index (κ2) is 14.4. The third-order valence-corrected chi connectivity index (χ3v) is 5.63. The molecule has 0 spiro atoms. The predicted molar refractivity (Wildman–Crippen MR) is 137 cm³/mol. The Labute approximate surface area is 208 Å². The Balaban J connectivity index is 0.00000363. The molecule has 1 fully saturated rings. The molecule has 0 atom stereocenters. The monoisotopic (exact) mass is 557 g/mol. The fraction of sp³-hybridized carbons (Fsp3) is 0.542. The topological polar surface area (TPSA) is 77.2 Å². The van der Waals surface area contributed by atoms with E-state index in [1.54, 1.807) is 13.3 Å². The molecule has 0 bridgehead atoms. The number of hydrogen-bond acceptors (Lipinski definition) is 5. The van der Waals surface area contributed by atoms with Crippen LogP contribution in [0.1, 0.15) is 37.5 Å². The number of hydrogen-bond donors (Lipinski definition) is 2. The maximum absolute atomic E-state index is 5.65. The van der Waals surface area contributed by atoms with Gasteiger partial charge in [-0.15, -0.1) is 24.0 Å². The van der Waals surface area contributed by atoms with Gasteiger partial charge in [0.15, 0.2) is 5.96 Å². The lowest BCUT2D eigenvalue weighted by molar-refractivity contribution is 0.0513. The number of nitrogens with zero attached hydrogens (tertiary/aromatic N) is 1. The number of furan rings is 1. The summed E-state index contributed by atoms with van der Waals surface area (Å²) in [6.07, 6.45) is 4.50. The zero-order chi connectivity index (χ0) is 21.8. The summed E-state index contributed by atoms with van der Waals surface area (Å²) in [5.41, 5.74) is 1.33. The molecule has 1 aromatic heterocycles. The number of rotatable bonds is 11. The van der Waals surface area contributed by atoms with Crippen LogP contribution in [0.15, 0.2) is 52.1 Å². The Morgan fingerprint density at radius 1 is 1.12 bits per heavy atom. The first-order chi connectivity index (χ1) is 15.3. The van der Waals surface area contributed by atoms with Crippen molar-refractivity contribution in [2.75, 3.05) is 46.6 Å². The van der Waals surface area contributed by atoms with Crippen molar-refractivity contribution >= 4 is 29.9 Å². The molecule has 2 N–H and O–H groups in total. The molecule has 3 rings (SSSR count). The molecule has 8 heteroatoms. The van der Waals surface area contributed by atoms with E-state index >= 15 is 0 Å². The lowest BCUT2D eigenvalue weighted by Gasteiger charge is -2.38. The van der Waals surface area contributed by atoms with Crippen molar-refractivity contribution in [2.24, 2.45) is 4.99 Å². The van der Waals surface area contributed by atoms with E-state index in [1.807, 2.05) is 19.1 Å². The molecule has 32 heavy (non-hydrogen) atoms. The van der Waals surface area contributed by atoms with Crippen LogP contribution >= 0.6 is 24.0 Å². The number of guanidine groups is 1. The van der Waals surface area contributed by atoms with Gasteiger partial charge in [-0.05, 0) is 56.0 Å². The highest BCUT2D eigenvalue weighted by atomic mass is 127. The Morgan fingerprint density at radius 3 is 2.56 bits per heavy atom. The van der Waals surface area contributed by atoms with Gasteiger partial charge >= 0.3 is 0 Å². The molecule has 0 aliphatic carbocycles. The lowest BCUT2D eigenvalue weighted by Crippen LogP contribution is -2.48. The van der Waals surface area contributed by atoms with Crippen molar-refractivity contribution in [3.63, 3.8) is 0 Å². The fourth-order valence-corrected chi connectivity index (χ4v) is 3.82. The van der Waals surface area contributed by atoms with Crippen LogP contribution in [0.4, 0.5) is 0 Å². The van der Waals surface area contributed by atoms with Crippen molar-refractivity contribution < 1.29 is 18.6 Å². The SMILES string of the molecule is CCOc1ccc(C2(CNC(=NC)NCCCOCc3ccco3)CCOCC2)cc1.I. The van der Waals surface area contributed by atoms with E-state index in [0.717, 1.165) is 63.0 Å². The minimum atomic E-state index is 0. The number of ether oxygens (including phenoxy) is 3. The minimum Gasteiger partial charge on any atom is -0.494 e. The average Bonchev–Trinajstić information content (AvgIpc) is 3.33. The fourth-order valence-electron chi connectivity index (χ4n) is 3.82. The van der Waals surface area contributed by atoms with Crippen LogP contribution in [-0.2, 0) is 21.5 Å². The third-order valence-electron chi connectivity index (χ3n) is 5.63. The highest BCUT2D eigenvalue weighted by Gasteiger charge is 2.34. The van der Waals surface area contributed by atoms with Crippen molar-refractivity contribution in [3.05, 3.63) is 54.0 Å². The Bertz CT molecular complexity index is 775. The van der Waals surface area contributed by atoms with Crippen LogP contribution < -0.4 is 15.4 Å². The van der Waals surface area contributed by atoms with Crippen molar-refractivity contribution in [1.82, 2.24) is 10.6 Å². The molecule has 7 nitrogen and oxygen atoms in total. The van der Waals surface area contributed by atoms with Gasteiger partial charge in [0, 0.05) is 45.4 Å². The van der Waals surface area contributed by atoms with Gasteiger partial charge in [0.05, 0.1) is 12.9 Å². The van der Waals surface area contributed by atoms with E-state index in [-0.39, 0.29) is 29.4 Å². The van der Waals surface area contributed by atoms with Gasteiger partial charge in [-0.3, -0.25) is 4.99 Å². The van der Waals surface area contributed by atoms with Gasteiger partial charge in [-0.1, -0.05) is 12.1 Å². The molecule has 1 aliphatic rings.